The molecule has 0 heterocycles. The van der Waals surface area contributed by atoms with E-state index in [2.05, 4.69) is 6.92 Å². The number of carbonyl (C=O) groups is 1. The molecular formula is C8H17NO2. The van der Waals surface area contributed by atoms with E-state index in [1.165, 1.54) is 19.8 Å². The van der Waals surface area contributed by atoms with Gasteiger partial charge in [-0.05, 0) is 6.42 Å². The first kappa shape index (κ1) is 10.4. The number of nitrogens with zero attached hydrogens (tertiary/aromatic N) is 1. The van der Waals surface area contributed by atoms with Crippen molar-refractivity contribution in [1.29, 1.82) is 0 Å². The van der Waals surface area contributed by atoms with Crippen LogP contribution in [0.2, 0.25) is 0 Å². The van der Waals surface area contributed by atoms with Crippen LogP contribution in [0.1, 0.15) is 39.5 Å². The summed E-state index contributed by atoms with van der Waals surface area (Å²) in [5.74, 6) is -0.276. The van der Waals surface area contributed by atoms with E-state index >= 15 is 0 Å². The molecule has 3 heteroatoms. The van der Waals surface area contributed by atoms with Gasteiger partial charge in [0, 0.05) is 13.5 Å². The number of rotatable bonds is 5. The van der Waals surface area contributed by atoms with Gasteiger partial charge in [-0.2, -0.15) is 0 Å². The fourth-order valence-electron chi connectivity index (χ4n) is 0.846. The molecule has 1 N–H and O–H groups in total. The van der Waals surface area contributed by atoms with Crippen LogP contribution in [0.15, 0.2) is 0 Å². The number of hydrogen-bond donors (Lipinski definition) is 1. The van der Waals surface area contributed by atoms with Crippen molar-refractivity contribution in [1.82, 2.24) is 5.06 Å². The Morgan fingerprint density at radius 3 is 2.45 bits per heavy atom. The number of unbranched alkanes of at least 4 members (excludes halogenated alkanes) is 3. The molecule has 0 saturated heterocycles. The highest BCUT2D eigenvalue weighted by molar-refractivity contribution is 5.71. The molecule has 1 amide bonds. The molecule has 0 aromatic rings. The van der Waals surface area contributed by atoms with Gasteiger partial charge in [0.1, 0.15) is 0 Å². The fraction of sp³-hybridized carbons (Fsp3) is 0.875. The van der Waals surface area contributed by atoms with Crippen molar-refractivity contribution in [3.63, 3.8) is 0 Å². The Labute approximate surface area is 68.0 Å². The van der Waals surface area contributed by atoms with Crippen molar-refractivity contribution in [3.8, 4) is 0 Å². The summed E-state index contributed by atoms with van der Waals surface area (Å²) in [4.78, 5) is 10.5. The predicted octanol–water partition coefficient (Wildman–Crippen LogP) is 1.80. The van der Waals surface area contributed by atoms with Crippen molar-refractivity contribution < 1.29 is 10.0 Å². The first-order valence-electron chi connectivity index (χ1n) is 4.15. The normalized spacial score (nSPS) is 9.73. The molecule has 0 bridgehead atoms. The summed E-state index contributed by atoms with van der Waals surface area (Å²) in [5.41, 5.74) is 0. The lowest BCUT2D eigenvalue weighted by Gasteiger charge is -2.11. The number of hydroxylamine groups is 2. The van der Waals surface area contributed by atoms with Crippen molar-refractivity contribution in [3.05, 3.63) is 0 Å². The van der Waals surface area contributed by atoms with Crippen LogP contribution < -0.4 is 0 Å². The molecule has 0 atom stereocenters. The van der Waals surface area contributed by atoms with Crippen LogP contribution >= 0.6 is 0 Å². The maximum atomic E-state index is 10.5. The van der Waals surface area contributed by atoms with E-state index in [1.54, 1.807) is 0 Å². The molecule has 0 radical (unpaired) electrons. The van der Waals surface area contributed by atoms with Gasteiger partial charge in [0.05, 0.1) is 0 Å². The van der Waals surface area contributed by atoms with Crippen molar-refractivity contribution in [2.24, 2.45) is 0 Å². The lowest BCUT2D eigenvalue weighted by atomic mass is 10.2. The summed E-state index contributed by atoms with van der Waals surface area (Å²) < 4.78 is 0. The first-order valence-corrected chi connectivity index (χ1v) is 4.15. The smallest absolute Gasteiger partial charge is 0.242 e. The molecule has 0 fully saturated rings. The number of hydrogen-bond acceptors (Lipinski definition) is 2. The molecule has 66 valence electrons. The number of carbonyl (C=O) groups excluding carboxylic acids is 1. The molecule has 0 saturated carbocycles. The summed E-state index contributed by atoms with van der Waals surface area (Å²) in [6, 6.07) is 0. The van der Waals surface area contributed by atoms with Gasteiger partial charge in [-0.1, -0.05) is 26.2 Å². The second kappa shape index (κ2) is 6.16. The standard InChI is InChI=1S/C8H17NO2/c1-3-4-5-6-7-9(11)8(2)10/h11H,3-7H2,1-2H3. The minimum atomic E-state index is -0.276. The Bertz CT molecular complexity index is 115. The van der Waals surface area contributed by atoms with Crippen LogP contribution in [0, 0.1) is 0 Å². The van der Waals surface area contributed by atoms with E-state index in [0.29, 0.717) is 6.54 Å². The fourth-order valence-corrected chi connectivity index (χ4v) is 0.846. The van der Waals surface area contributed by atoms with Crippen LogP contribution in [-0.2, 0) is 4.79 Å². The molecule has 3 nitrogen and oxygen atoms in total. The molecule has 11 heavy (non-hydrogen) atoms. The Kier molecular flexibility index (Phi) is 5.84. The molecule has 0 aromatic heterocycles. The zero-order valence-corrected chi connectivity index (χ0v) is 7.34. The van der Waals surface area contributed by atoms with Gasteiger partial charge in [-0.25, -0.2) is 5.06 Å². The van der Waals surface area contributed by atoms with Crippen LogP contribution in [0.25, 0.3) is 0 Å². The SMILES string of the molecule is CCCCCCN(O)C(C)=O. The highest BCUT2D eigenvalue weighted by atomic mass is 16.5. The summed E-state index contributed by atoms with van der Waals surface area (Å²) in [6.45, 7) is 3.96. The average molecular weight is 159 g/mol. The average Bonchev–Trinajstić information content (AvgIpc) is 1.97. The molecule has 0 aliphatic heterocycles. The zero-order chi connectivity index (χ0) is 8.69. The Morgan fingerprint density at radius 1 is 1.36 bits per heavy atom. The van der Waals surface area contributed by atoms with Crippen LogP contribution in [0.5, 0.6) is 0 Å². The van der Waals surface area contributed by atoms with Gasteiger partial charge >= 0.3 is 0 Å². The van der Waals surface area contributed by atoms with Gasteiger partial charge in [0.25, 0.3) is 0 Å². The van der Waals surface area contributed by atoms with Crippen molar-refractivity contribution in [2.45, 2.75) is 39.5 Å². The summed E-state index contributed by atoms with van der Waals surface area (Å²) >= 11 is 0. The Morgan fingerprint density at radius 2 is 2.00 bits per heavy atom. The molecule has 0 rings (SSSR count). The second-order valence-electron chi connectivity index (χ2n) is 2.70. The van der Waals surface area contributed by atoms with Crippen LogP contribution in [0.4, 0.5) is 0 Å². The summed E-state index contributed by atoms with van der Waals surface area (Å²) in [7, 11) is 0. The van der Waals surface area contributed by atoms with E-state index in [1.807, 2.05) is 0 Å². The second-order valence-corrected chi connectivity index (χ2v) is 2.70. The molecule has 0 aromatic carbocycles. The van der Waals surface area contributed by atoms with E-state index in [9.17, 15) is 4.79 Å². The summed E-state index contributed by atoms with van der Waals surface area (Å²) in [6.07, 6.45) is 4.32. The van der Waals surface area contributed by atoms with Gasteiger partial charge in [0.15, 0.2) is 0 Å². The van der Waals surface area contributed by atoms with E-state index < -0.39 is 0 Å². The van der Waals surface area contributed by atoms with Crippen LogP contribution in [-0.4, -0.2) is 22.7 Å². The molecule has 0 aliphatic carbocycles. The third kappa shape index (κ3) is 5.85. The number of amides is 1. The van der Waals surface area contributed by atoms with Crippen LogP contribution in [0.3, 0.4) is 0 Å². The predicted molar refractivity (Wildman–Crippen MR) is 43.3 cm³/mol. The van der Waals surface area contributed by atoms with E-state index in [0.717, 1.165) is 17.9 Å². The van der Waals surface area contributed by atoms with Crippen molar-refractivity contribution in [2.75, 3.05) is 6.54 Å². The molecule has 0 aliphatic rings. The third-order valence-corrected chi connectivity index (χ3v) is 1.59. The van der Waals surface area contributed by atoms with Gasteiger partial charge in [-0.3, -0.25) is 10.0 Å². The maximum Gasteiger partial charge on any atom is 0.242 e. The topological polar surface area (TPSA) is 40.5 Å². The zero-order valence-electron chi connectivity index (χ0n) is 7.34. The van der Waals surface area contributed by atoms with E-state index in [-0.39, 0.29) is 5.91 Å². The van der Waals surface area contributed by atoms with Crippen molar-refractivity contribution >= 4 is 5.91 Å². The summed E-state index contributed by atoms with van der Waals surface area (Å²) in [5, 5.41) is 9.68. The van der Waals surface area contributed by atoms with Gasteiger partial charge in [0.2, 0.25) is 5.91 Å². The molecular weight excluding hydrogens is 142 g/mol. The maximum absolute atomic E-state index is 10.5. The minimum Gasteiger partial charge on any atom is -0.286 e. The molecule has 0 unspecified atom stereocenters. The lowest BCUT2D eigenvalue weighted by molar-refractivity contribution is -0.162. The third-order valence-electron chi connectivity index (χ3n) is 1.59. The Balaban J connectivity index is 3.17. The highest BCUT2D eigenvalue weighted by Gasteiger charge is 2.01. The largest absolute Gasteiger partial charge is 0.286 e. The van der Waals surface area contributed by atoms with Gasteiger partial charge < -0.3 is 0 Å². The monoisotopic (exact) mass is 159 g/mol. The lowest BCUT2D eigenvalue weighted by Crippen LogP contribution is -2.25. The quantitative estimate of drug-likeness (QED) is 0.377. The van der Waals surface area contributed by atoms with E-state index in [4.69, 9.17) is 5.21 Å². The Hall–Kier alpha value is -0.570. The van der Waals surface area contributed by atoms with Gasteiger partial charge in [-0.15, -0.1) is 0 Å². The molecule has 0 spiro atoms. The highest BCUT2D eigenvalue weighted by Crippen LogP contribution is 1.99. The minimum absolute atomic E-state index is 0.276. The first-order chi connectivity index (χ1) is 5.18.